The lowest BCUT2D eigenvalue weighted by molar-refractivity contribution is 0.285. The molecule has 112 valence electrons. The Labute approximate surface area is 126 Å². The van der Waals surface area contributed by atoms with Crippen LogP contribution in [0.5, 0.6) is 5.75 Å². The van der Waals surface area contributed by atoms with Gasteiger partial charge in [0, 0.05) is 16.6 Å². The summed E-state index contributed by atoms with van der Waals surface area (Å²) in [6.45, 7) is 1.82. The van der Waals surface area contributed by atoms with Crippen LogP contribution in [0.2, 0.25) is 0 Å². The minimum Gasteiger partial charge on any atom is -0.485 e. The largest absolute Gasteiger partial charge is 0.485 e. The summed E-state index contributed by atoms with van der Waals surface area (Å²) in [6, 6.07) is 4.57. The molecule has 1 aromatic carbocycles. The normalized spacial score (nSPS) is 15.1. The van der Waals surface area contributed by atoms with Crippen molar-refractivity contribution in [2.45, 2.75) is 37.2 Å². The predicted molar refractivity (Wildman–Crippen MR) is 74.8 cm³/mol. The van der Waals surface area contributed by atoms with E-state index in [1.165, 1.54) is 6.07 Å². The van der Waals surface area contributed by atoms with Gasteiger partial charge in [0.15, 0.2) is 6.61 Å². The summed E-state index contributed by atoms with van der Waals surface area (Å²) in [7, 11) is 1.59. The minimum absolute atomic E-state index is 0.0760. The van der Waals surface area contributed by atoms with Crippen molar-refractivity contribution in [3.8, 4) is 5.75 Å². The highest BCUT2D eigenvalue weighted by Gasteiger charge is 2.29. The molecule has 1 fully saturated rings. The van der Waals surface area contributed by atoms with Gasteiger partial charge in [-0.15, -0.1) is 0 Å². The molecule has 6 nitrogen and oxygen atoms in total. The van der Waals surface area contributed by atoms with E-state index in [0.29, 0.717) is 28.9 Å². The Morgan fingerprint density at radius 1 is 1.43 bits per heavy atom. The van der Waals surface area contributed by atoms with Crippen LogP contribution in [0.1, 0.15) is 36.0 Å². The van der Waals surface area contributed by atoms with Gasteiger partial charge in [-0.2, -0.15) is 4.98 Å². The number of halogens is 1. The molecular weight excluding hydrogens is 316 g/mol. The highest BCUT2D eigenvalue weighted by atomic mass is 35.7. The van der Waals surface area contributed by atoms with Crippen LogP contribution < -0.4 is 4.74 Å². The molecule has 0 unspecified atom stereocenters. The average molecular weight is 329 g/mol. The molecule has 0 bridgehead atoms. The first-order chi connectivity index (χ1) is 9.93. The molecule has 0 aliphatic heterocycles. The van der Waals surface area contributed by atoms with Crippen LogP contribution in [0, 0.1) is 6.92 Å². The van der Waals surface area contributed by atoms with E-state index < -0.39 is 9.05 Å². The van der Waals surface area contributed by atoms with E-state index in [0.717, 1.165) is 12.8 Å². The number of aromatic nitrogens is 2. The standard InChI is InChI=1S/C13H13ClN2O4S/c1-8-6-10(4-5-11(8)21(14,17)18)19-7-12-15-13(20-16-12)9-2-3-9/h4-6,9H,2-3,7H2,1H3. The summed E-state index contributed by atoms with van der Waals surface area (Å²) in [5.41, 5.74) is 0.522. The third kappa shape index (κ3) is 3.36. The van der Waals surface area contributed by atoms with Crippen molar-refractivity contribution in [2.75, 3.05) is 0 Å². The lowest BCUT2D eigenvalue weighted by Gasteiger charge is -2.06. The van der Waals surface area contributed by atoms with E-state index >= 15 is 0 Å². The van der Waals surface area contributed by atoms with Crippen molar-refractivity contribution in [1.82, 2.24) is 10.1 Å². The first kappa shape index (κ1) is 14.3. The van der Waals surface area contributed by atoms with Crippen molar-refractivity contribution in [2.24, 2.45) is 0 Å². The van der Waals surface area contributed by atoms with Crippen LogP contribution in [-0.4, -0.2) is 18.6 Å². The van der Waals surface area contributed by atoms with Crippen LogP contribution in [-0.2, 0) is 15.7 Å². The van der Waals surface area contributed by atoms with Crippen molar-refractivity contribution in [3.63, 3.8) is 0 Å². The van der Waals surface area contributed by atoms with Gasteiger partial charge in [0.25, 0.3) is 9.05 Å². The number of ether oxygens (including phenoxy) is 1. The van der Waals surface area contributed by atoms with Gasteiger partial charge in [-0.1, -0.05) is 5.16 Å². The van der Waals surface area contributed by atoms with E-state index in [4.69, 9.17) is 19.9 Å². The highest BCUT2D eigenvalue weighted by molar-refractivity contribution is 8.13. The Morgan fingerprint density at radius 2 is 2.19 bits per heavy atom. The van der Waals surface area contributed by atoms with Gasteiger partial charge in [0.1, 0.15) is 5.75 Å². The number of nitrogens with zero attached hydrogens (tertiary/aromatic N) is 2. The Morgan fingerprint density at radius 3 is 2.81 bits per heavy atom. The molecule has 1 heterocycles. The van der Waals surface area contributed by atoms with Crippen LogP contribution in [0.25, 0.3) is 0 Å². The summed E-state index contributed by atoms with van der Waals surface area (Å²) in [5, 5.41) is 3.84. The zero-order valence-corrected chi connectivity index (χ0v) is 12.8. The summed E-state index contributed by atoms with van der Waals surface area (Å²) < 4.78 is 33.3. The molecule has 1 aromatic heterocycles. The molecule has 1 saturated carbocycles. The lowest BCUT2D eigenvalue weighted by atomic mass is 10.2. The monoisotopic (exact) mass is 328 g/mol. The molecule has 0 radical (unpaired) electrons. The molecule has 1 aliphatic carbocycles. The van der Waals surface area contributed by atoms with Crippen LogP contribution >= 0.6 is 10.7 Å². The Hall–Kier alpha value is -1.60. The maximum absolute atomic E-state index is 11.3. The number of rotatable bonds is 5. The molecule has 1 aliphatic rings. The number of benzene rings is 1. The van der Waals surface area contributed by atoms with Crippen molar-refractivity contribution >= 4 is 19.7 Å². The smallest absolute Gasteiger partial charge is 0.261 e. The molecule has 2 aromatic rings. The predicted octanol–water partition coefficient (Wildman–Crippen LogP) is 2.76. The van der Waals surface area contributed by atoms with Gasteiger partial charge < -0.3 is 9.26 Å². The van der Waals surface area contributed by atoms with E-state index in [1.807, 2.05) is 0 Å². The Kier molecular flexibility index (Phi) is 3.62. The van der Waals surface area contributed by atoms with E-state index in [1.54, 1.807) is 19.1 Å². The second kappa shape index (κ2) is 5.31. The molecule has 0 spiro atoms. The minimum atomic E-state index is -3.74. The topological polar surface area (TPSA) is 82.3 Å². The summed E-state index contributed by atoms with van der Waals surface area (Å²) in [6.07, 6.45) is 2.19. The Balaban J connectivity index is 1.68. The summed E-state index contributed by atoms with van der Waals surface area (Å²) in [4.78, 5) is 4.32. The van der Waals surface area contributed by atoms with E-state index in [2.05, 4.69) is 10.1 Å². The second-order valence-electron chi connectivity index (χ2n) is 4.98. The highest BCUT2D eigenvalue weighted by Crippen LogP contribution is 2.38. The van der Waals surface area contributed by atoms with Gasteiger partial charge >= 0.3 is 0 Å². The molecule has 8 heteroatoms. The van der Waals surface area contributed by atoms with Gasteiger partial charge in [-0.3, -0.25) is 0 Å². The number of hydrogen-bond acceptors (Lipinski definition) is 6. The van der Waals surface area contributed by atoms with E-state index in [-0.39, 0.29) is 11.5 Å². The van der Waals surface area contributed by atoms with E-state index in [9.17, 15) is 8.42 Å². The van der Waals surface area contributed by atoms with Gasteiger partial charge in [-0.05, 0) is 43.5 Å². The molecule has 0 N–H and O–H groups in total. The first-order valence-corrected chi connectivity index (χ1v) is 8.75. The van der Waals surface area contributed by atoms with Crippen LogP contribution in [0.15, 0.2) is 27.6 Å². The van der Waals surface area contributed by atoms with Gasteiger partial charge in [0.05, 0.1) is 4.90 Å². The third-order valence-electron chi connectivity index (χ3n) is 3.19. The lowest BCUT2D eigenvalue weighted by Crippen LogP contribution is -2.00. The second-order valence-corrected chi connectivity index (χ2v) is 7.51. The van der Waals surface area contributed by atoms with Crippen molar-refractivity contribution in [1.29, 1.82) is 0 Å². The molecule has 21 heavy (non-hydrogen) atoms. The fraction of sp³-hybridized carbons (Fsp3) is 0.385. The summed E-state index contributed by atoms with van der Waals surface area (Å²) >= 11 is 0. The maximum Gasteiger partial charge on any atom is 0.261 e. The van der Waals surface area contributed by atoms with Crippen molar-refractivity contribution < 1.29 is 17.7 Å². The van der Waals surface area contributed by atoms with Crippen LogP contribution in [0.3, 0.4) is 0 Å². The van der Waals surface area contributed by atoms with Crippen LogP contribution in [0.4, 0.5) is 0 Å². The fourth-order valence-electron chi connectivity index (χ4n) is 1.96. The van der Waals surface area contributed by atoms with Gasteiger partial charge in [-0.25, -0.2) is 8.42 Å². The Bertz CT molecular complexity index is 768. The first-order valence-electron chi connectivity index (χ1n) is 6.44. The quantitative estimate of drug-likeness (QED) is 0.785. The SMILES string of the molecule is Cc1cc(OCc2noc(C3CC3)n2)ccc1S(=O)(=O)Cl. The fourth-order valence-corrected chi connectivity index (χ4v) is 3.15. The molecule has 0 amide bonds. The average Bonchev–Trinajstić information content (AvgIpc) is 3.14. The van der Waals surface area contributed by atoms with Gasteiger partial charge in [0.2, 0.25) is 11.7 Å². The molecule has 0 atom stereocenters. The molecular formula is C13H13ClN2O4S. The maximum atomic E-state index is 11.3. The molecule has 3 rings (SSSR count). The summed E-state index contributed by atoms with van der Waals surface area (Å²) in [5.74, 6) is 2.06. The number of aryl methyl sites for hydroxylation is 1. The zero-order chi connectivity index (χ0) is 15.0. The number of hydrogen-bond donors (Lipinski definition) is 0. The zero-order valence-electron chi connectivity index (χ0n) is 11.2. The van der Waals surface area contributed by atoms with Crippen molar-refractivity contribution in [3.05, 3.63) is 35.5 Å². The molecule has 0 saturated heterocycles. The third-order valence-corrected chi connectivity index (χ3v) is 4.67.